The van der Waals surface area contributed by atoms with Crippen LogP contribution in [-0.2, 0) is 7.05 Å². The number of hydrogen-bond donors (Lipinski definition) is 1. The van der Waals surface area contributed by atoms with Gasteiger partial charge in [0.1, 0.15) is 4.83 Å². The summed E-state index contributed by atoms with van der Waals surface area (Å²) >= 11 is 4.24. The van der Waals surface area contributed by atoms with Gasteiger partial charge in [0.2, 0.25) is 0 Å². The van der Waals surface area contributed by atoms with E-state index in [1.165, 1.54) is 34.6 Å². The Kier molecular flexibility index (Phi) is 5.52. The topological polar surface area (TPSA) is 84.8 Å². The standard InChI is InChI=1S/C21H19N3O3S3/c1-10-16(12(3)25)11(2)22-18(10)14(26)9-30-21-23-19-17(20(27)24(21)4)13(8-29-19)15-6-5-7-28-15/h5-8,22H,9H2,1-4H3. The van der Waals surface area contributed by atoms with Gasteiger partial charge in [-0.25, -0.2) is 4.98 Å². The molecule has 154 valence electrons. The van der Waals surface area contributed by atoms with Crippen molar-refractivity contribution in [3.05, 3.63) is 55.8 Å². The van der Waals surface area contributed by atoms with Crippen molar-refractivity contribution >= 4 is 56.2 Å². The Bertz CT molecular complexity index is 1340. The van der Waals surface area contributed by atoms with Gasteiger partial charge in [0.05, 0.1) is 16.8 Å². The zero-order valence-electron chi connectivity index (χ0n) is 16.9. The normalized spacial score (nSPS) is 11.3. The lowest BCUT2D eigenvalue weighted by Gasteiger charge is -2.07. The predicted octanol–water partition coefficient (Wildman–Crippen LogP) is 4.85. The Morgan fingerprint density at radius 2 is 2.03 bits per heavy atom. The molecule has 0 aliphatic heterocycles. The molecule has 0 fully saturated rings. The third kappa shape index (κ3) is 3.46. The van der Waals surface area contributed by atoms with Gasteiger partial charge in [-0.2, -0.15) is 0 Å². The molecule has 0 unspecified atom stereocenters. The number of hydrogen-bond acceptors (Lipinski definition) is 7. The molecule has 4 aromatic heterocycles. The number of nitrogens with one attached hydrogen (secondary N) is 1. The molecule has 0 spiro atoms. The van der Waals surface area contributed by atoms with Crippen LogP contribution in [0.15, 0.2) is 32.8 Å². The van der Waals surface area contributed by atoms with Gasteiger partial charge in [-0.1, -0.05) is 17.8 Å². The molecule has 0 amide bonds. The van der Waals surface area contributed by atoms with E-state index >= 15 is 0 Å². The van der Waals surface area contributed by atoms with Crippen LogP contribution in [0.5, 0.6) is 0 Å². The molecule has 0 aromatic carbocycles. The highest BCUT2D eigenvalue weighted by Crippen LogP contribution is 2.34. The fourth-order valence-corrected chi connectivity index (χ4v) is 6.20. The van der Waals surface area contributed by atoms with E-state index in [-0.39, 0.29) is 22.9 Å². The van der Waals surface area contributed by atoms with Crippen LogP contribution in [-0.4, -0.2) is 31.9 Å². The molecule has 0 bridgehead atoms. The van der Waals surface area contributed by atoms with Gasteiger partial charge in [-0.15, -0.1) is 22.7 Å². The van der Waals surface area contributed by atoms with Gasteiger partial charge in [0.15, 0.2) is 16.7 Å². The first kappa shape index (κ1) is 20.8. The Balaban J connectivity index is 1.63. The third-order valence-corrected chi connectivity index (χ3v) is 7.77. The molecular formula is C21H19N3O3S3. The van der Waals surface area contributed by atoms with Crippen molar-refractivity contribution in [2.45, 2.75) is 25.9 Å². The van der Waals surface area contributed by atoms with Crippen molar-refractivity contribution in [1.82, 2.24) is 14.5 Å². The largest absolute Gasteiger partial charge is 0.355 e. The van der Waals surface area contributed by atoms with Crippen LogP contribution in [0.25, 0.3) is 20.7 Å². The molecule has 0 saturated heterocycles. The molecule has 1 N–H and O–H groups in total. The second-order valence-corrected chi connectivity index (χ2v) is 9.71. The summed E-state index contributed by atoms with van der Waals surface area (Å²) in [5.74, 6) is -0.0813. The Hall–Kier alpha value is -2.49. The summed E-state index contributed by atoms with van der Waals surface area (Å²) in [6, 6.07) is 3.95. The lowest BCUT2D eigenvalue weighted by Crippen LogP contribution is -2.20. The monoisotopic (exact) mass is 457 g/mol. The first-order valence-electron chi connectivity index (χ1n) is 9.17. The van der Waals surface area contributed by atoms with E-state index in [1.54, 1.807) is 32.2 Å². The van der Waals surface area contributed by atoms with Gasteiger partial charge in [0.25, 0.3) is 5.56 Å². The average molecular weight is 458 g/mol. The summed E-state index contributed by atoms with van der Waals surface area (Å²) < 4.78 is 1.50. The lowest BCUT2D eigenvalue weighted by molar-refractivity contribution is 0.101. The summed E-state index contributed by atoms with van der Waals surface area (Å²) in [5.41, 5.74) is 3.15. The highest BCUT2D eigenvalue weighted by atomic mass is 32.2. The van der Waals surface area contributed by atoms with Crippen LogP contribution in [0.4, 0.5) is 0 Å². The molecule has 0 radical (unpaired) electrons. The van der Waals surface area contributed by atoms with Crippen molar-refractivity contribution in [1.29, 1.82) is 0 Å². The number of aromatic amines is 1. The summed E-state index contributed by atoms with van der Waals surface area (Å²) in [6.45, 7) is 5.05. The van der Waals surface area contributed by atoms with E-state index in [0.29, 0.717) is 37.9 Å². The predicted molar refractivity (Wildman–Crippen MR) is 123 cm³/mol. The fraction of sp³-hybridized carbons (Fsp3) is 0.238. The molecule has 30 heavy (non-hydrogen) atoms. The molecule has 0 atom stereocenters. The minimum Gasteiger partial charge on any atom is -0.355 e. The average Bonchev–Trinajstić information content (AvgIpc) is 3.41. The summed E-state index contributed by atoms with van der Waals surface area (Å²) in [6.07, 6.45) is 0. The maximum Gasteiger partial charge on any atom is 0.263 e. The molecule has 0 aliphatic rings. The zero-order valence-corrected chi connectivity index (χ0v) is 19.3. The number of rotatable bonds is 6. The minimum absolute atomic E-state index is 0.0679. The number of aromatic nitrogens is 3. The fourth-order valence-electron chi connectivity index (χ4n) is 3.55. The first-order valence-corrected chi connectivity index (χ1v) is 11.9. The molecule has 4 aromatic rings. The molecule has 9 heteroatoms. The Morgan fingerprint density at radius 3 is 2.67 bits per heavy atom. The van der Waals surface area contributed by atoms with Crippen molar-refractivity contribution in [3.63, 3.8) is 0 Å². The van der Waals surface area contributed by atoms with Crippen LogP contribution in [0.1, 0.15) is 39.0 Å². The molecule has 4 rings (SSSR count). The number of Topliss-reactive ketones (excluding diaryl/α,β-unsaturated/α-hetero) is 2. The highest BCUT2D eigenvalue weighted by molar-refractivity contribution is 7.99. The first-order chi connectivity index (χ1) is 14.3. The molecule has 4 heterocycles. The van der Waals surface area contributed by atoms with E-state index in [1.807, 2.05) is 22.9 Å². The minimum atomic E-state index is -0.132. The number of ketones is 2. The summed E-state index contributed by atoms with van der Waals surface area (Å²) in [4.78, 5) is 47.0. The number of carbonyl (C=O) groups excluding carboxylic acids is 2. The molecular weight excluding hydrogens is 438 g/mol. The number of nitrogens with zero attached hydrogens (tertiary/aromatic N) is 2. The van der Waals surface area contributed by atoms with E-state index < -0.39 is 0 Å². The summed E-state index contributed by atoms with van der Waals surface area (Å²) in [5, 5.41) is 5.04. The van der Waals surface area contributed by atoms with E-state index in [9.17, 15) is 14.4 Å². The second kappa shape index (κ2) is 7.98. The van der Waals surface area contributed by atoms with Crippen LogP contribution in [0, 0.1) is 13.8 Å². The number of aryl methyl sites for hydroxylation is 1. The quantitative estimate of drug-likeness (QED) is 0.254. The van der Waals surface area contributed by atoms with Crippen molar-refractivity contribution in [2.24, 2.45) is 7.05 Å². The van der Waals surface area contributed by atoms with Gasteiger partial charge in [-0.05, 0) is 37.8 Å². The van der Waals surface area contributed by atoms with Gasteiger partial charge in [0, 0.05) is 34.1 Å². The van der Waals surface area contributed by atoms with Gasteiger partial charge < -0.3 is 4.98 Å². The highest BCUT2D eigenvalue weighted by Gasteiger charge is 2.21. The molecule has 0 saturated carbocycles. The van der Waals surface area contributed by atoms with Crippen LogP contribution < -0.4 is 5.56 Å². The second-order valence-electron chi connectivity index (χ2n) is 6.96. The van der Waals surface area contributed by atoms with Crippen molar-refractivity contribution < 1.29 is 9.59 Å². The molecule has 0 aliphatic carbocycles. The zero-order chi connectivity index (χ0) is 21.6. The van der Waals surface area contributed by atoms with Crippen LogP contribution in [0.3, 0.4) is 0 Å². The maximum absolute atomic E-state index is 13.0. The smallest absolute Gasteiger partial charge is 0.263 e. The van der Waals surface area contributed by atoms with E-state index in [4.69, 9.17) is 0 Å². The number of H-pyrrole nitrogens is 1. The maximum atomic E-state index is 13.0. The van der Waals surface area contributed by atoms with Crippen molar-refractivity contribution in [3.8, 4) is 10.4 Å². The lowest BCUT2D eigenvalue weighted by atomic mass is 10.1. The van der Waals surface area contributed by atoms with Crippen LogP contribution >= 0.6 is 34.4 Å². The Labute approximate surface area is 185 Å². The SMILES string of the molecule is CC(=O)c1c(C)[nH]c(C(=O)CSc2nc3scc(-c4cccs4)c3c(=O)n2C)c1C. The summed E-state index contributed by atoms with van der Waals surface area (Å²) in [7, 11) is 1.68. The van der Waals surface area contributed by atoms with Crippen molar-refractivity contribution in [2.75, 3.05) is 5.75 Å². The number of thiophene rings is 2. The molecule has 6 nitrogen and oxygen atoms in total. The van der Waals surface area contributed by atoms with Crippen LogP contribution in [0.2, 0.25) is 0 Å². The number of carbonyl (C=O) groups is 2. The number of thioether (sulfide) groups is 1. The van der Waals surface area contributed by atoms with E-state index in [2.05, 4.69) is 9.97 Å². The van der Waals surface area contributed by atoms with E-state index in [0.717, 1.165) is 10.4 Å². The van der Waals surface area contributed by atoms with Gasteiger partial charge >= 0.3 is 0 Å². The van der Waals surface area contributed by atoms with Gasteiger partial charge in [-0.3, -0.25) is 19.0 Å². The third-order valence-electron chi connectivity index (χ3n) is 4.96. The Morgan fingerprint density at radius 1 is 1.27 bits per heavy atom. The number of fused-ring (bicyclic) bond motifs is 1.